The van der Waals surface area contributed by atoms with Crippen LogP contribution in [0.5, 0.6) is 0 Å². The van der Waals surface area contributed by atoms with Crippen LogP contribution in [0.2, 0.25) is 0 Å². The zero-order valence-electron chi connectivity index (χ0n) is 19.4. The molecule has 0 N–H and O–H groups in total. The van der Waals surface area contributed by atoms with Gasteiger partial charge in [0.15, 0.2) is 11.6 Å². The van der Waals surface area contributed by atoms with Crippen molar-refractivity contribution in [1.82, 2.24) is 0 Å². The summed E-state index contributed by atoms with van der Waals surface area (Å²) in [6.45, 7) is 6.03. The quantitative estimate of drug-likeness (QED) is 0.310. The number of Topliss-reactive ketones (excluding diaryl/α,β-unsaturated/α-hetero) is 2. The summed E-state index contributed by atoms with van der Waals surface area (Å²) in [5, 5.41) is 40.0. The Morgan fingerprint density at radius 1 is 0.697 bits per heavy atom. The van der Waals surface area contributed by atoms with E-state index in [1.807, 2.05) is 36.4 Å². The number of hydrogen-bond donors (Lipinski definition) is 0. The predicted octanol–water partition coefficient (Wildman–Crippen LogP) is 0.850. The Kier molecular flexibility index (Phi) is 14.2. The second kappa shape index (κ2) is 15.4. The van der Waals surface area contributed by atoms with Crippen LogP contribution in [-0.4, -0.2) is 24.8 Å². The molecule has 0 spiro atoms. The Morgan fingerprint density at radius 2 is 0.970 bits per heavy atom. The van der Waals surface area contributed by atoms with Crippen molar-refractivity contribution in [2.75, 3.05) is 13.2 Å². The first-order valence-corrected chi connectivity index (χ1v) is 10.4. The third-order valence-corrected chi connectivity index (χ3v) is 4.66. The summed E-state index contributed by atoms with van der Waals surface area (Å²) in [6.07, 6.45) is 1.01. The molecule has 0 unspecified atom stereocenters. The maximum Gasteiger partial charge on any atom is 4.00 e. The van der Waals surface area contributed by atoms with E-state index in [4.69, 9.17) is 10.2 Å². The van der Waals surface area contributed by atoms with Crippen LogP contribution in [0, 0.1) is 0 Å². The summed E-state index contributed by atoms with van der Waals surface area (Å²) < 4.78 is 0. The molecular weight excluding hydrogens is 456 g/mol. The van der Waals surface area contributed by atoms with Gasteiger partial charge in [0.1, 0.15) is 0 Å². The molecule has 6 nitrogen and oxygen atoms in total. The number of fused-ring (bicyclic) bond motifs is 2. The minimum Gasteiger partial charge on any atom is -0.875 e. The van der Waals surface area contributed by atoms with Gasteiger partial charge < -0.3 is 20.4 Å². The van der Waals surface area contributed by atoms with E-state index in [9.17, 15) is 19.8 Å². The van der Waals surface area contributed by atoms with E-state index in [1.54, 1.807) is 26.0 Å². The fraction of sp³-hybridized carbons (Fsp3) is 0.308. The van der Waals surface area contributed by atoms with E-state index in [-0.39, 0.29) is 58.0 Å². The smallest absolute Gasteiger partial charge is 0.875 e. The Balaban J connectivity index is 0.000000491. The van der Waals surface area contributed by atoms with Crippen LogP contribution >= 0.6 is 0 Å². The van der Waals surface area contributed by atoms with Gasteiger partial charge in [0.05, 0.1) is 0 Å². The van der Waals surface area contributed by atoms with E-state index in [2.05, 4.69) is 0 Å². The van der Waals surface area contributed by atoms with Crippen molar-refractivity contribution in [2.45, 2.75) is 40.5 Å². The fourth-order valence-corrected chi connectivity index (χ4v) is 3.23. The zero-order valence-corrected chi connectivity index (χ0v) is 21.0. The van der Waals surface area contributed by atoms with E-state index < -0.39 is 0 Å². The average Bonchev–Trinajstić information content (AvgIpc) is 3.28. The van der Waals surface area contributed by atoms with Crippen LogP contribution < -0.4 is 20.4 Å². The maximum absolute atomic E-state index is 11.6. The molecule has 2 aliphatic carbocycles. The first-order valence-electron chi connectivity index (χ1n) is 10.4. The maximum atomic E-state index is 11.6. The predicted molar refractivity (Wildman–Crippen MR) is 115 cm³/mol. The van der Waals surface area contributed by atoms with Crippen LogP contribution in [0.4, 0.5) is 0 Å². The largest absolute Gasteiger partial charge is 4.00 e. The number of rotatable bonds is 0. The molecule has 0 fully saturated rings. The molecule has 2 aromatic carbocycles. The molecule has 7 heteroatoms. The summed E-state index contributed by atoms with van der Waals surface area (Å²) >= 11 is 0. The van der Waals surface area contributed by atoms with Gasteiger partial charge >= 0.3 is 21.7 Å². The monoisotopic (exact) mass is 484 g/mol. The Labute approximate surface area is 210 Å². The molecule has 0 heterocycles. The summed E-state index contributed by atoms with van der Waals surface area (Å²) in [5.41, 5.74) is 4.15. The molecule has 33 heavy (non-hydrogen) atoms. The Hall–Kier alpha value is -2.51. The molecule has 0 bridgehead atoms. The van der Waals surface area contributed by atoms with Crippen LogP contribution in [0.3, 0.4) is 0 Å². The van der Waals surface area contributed by atoms with Gasteiger partial charge in [-0.25, -0.2) is 0 Å². The van der Waals surface area contributed by atoms with Gasteiger partial charge in [0, 0.05) is 24.0 Å². The van der Waals surface area contributed by atoms with Crippen molar-refractivity contribution in [2.24, 2.45) is 0 Å². The van der Waals surface area contributed by atoms with Gasteiger partial charge in [-0.15, -0.1) is 24.7 Å². The molecule has 172 valence electrons. The molecule has 0 aromatic heterocycles. The normalized spacial score (nSPS) is 15.8. The zero-order chi connectivity index (χ0) is 24.3. The minimum atomic E-state index is -0.110. The molecular formula is C26H28O6Ti. The van der Waals surface area contributed by atoms with Crippen molar-refractivity contribution in [3.8, 4) is 0 Å². The van der Waals surface area contributed by atoms with Crippen LogP contribution in [0.1, 0.15) is 59.5 Å². The van der Waals surface area contributed by atoms with Crippen LogP contribution in [0.15, 0.2) is 71.2 Å². The summed E-state index contributed by atoms with van der Waals surface area (Å²) in [7, 11) is 0. The third kappa shape index (κ3) is 8.41. The van der Waals surface area contributed by atoms with Gasteiger partial charge in [0.25, 0.3) is 0 Å². The van der Waals surface area contributed by atoms with Gasteiger partial charge in [-0.1, -0.05) is 76.2 Å². The van der Waals surface area contributed by atoms with Crippen molar-refractivity contribution in [3.63, 3.8) is 0 Å². The van der Waals surface area contributed by atoms with Gasteiger partial charge in [-0.2, -0.15) is 0 Å². The molecule has 0 saturated carbocycles. The molecule has 0 atom stereocenters. The van der Waals surface area contributed by atoms with Gasteiger partial charge in [-0.3, -0.25) is 9.59 Å². The van der Waals surface area contributed by atoms with Crippen molar-refractivity contribution >= 4 is 11.6 Å². The first-order chi connectivity index (χ1) is 15.2. The van der Waals surface area contributed by atoms with E-state index in [1.165, 1.54) is 13.8 Å². The first kappa shape index (κ1) is 30.5. The number of benzene rings is 2. The average molecular weight is 484 g/mol. The van der Waals surface area contributed by atoms with Crippen LogP contribution in [0.25, 0.3) is 0 Å². The van der Waals surface area contributed by atoms with Crippen molar-refractivity contribution < 1.29 is 51.7 Å². The number of allylic oxidation sites excluding steroid dienone is 4. The topological polar surface area (TPSA) is 126 Å². The van der Waals surface area contributed by atoms with E-state index in [0.717, 1.165) is 11.1 Å². The van der Waals surface area contributed by atoms with Crippen LogP contribution in [-0.2, 0) is 34.6 Å². The second-order valence-corrected chi connectivity index (χ2v) is 6.97. The number of carbonyl (C=O) groups is 2. The minimum absolute atomic E-state index is 0. The summed E-state index contributed by atoms with van der Waals surface area (Å²) in [4.78, 5) is 23.2. The fourth-order valence-electron chi connectivity index (χ4n) is 3.23. The number of hydrogen-bond acceptors (Lipinski definition) is 6. The standard InChI is InChI=1S/2C11H10O2.2C2H5O.Ti/c2*1-7(12)10-6-8-4-2-3-5-9(8)11(10)13;2*1-2-3;/h2*2-5,12H,6H2,1H3;2*2H2,1H3;/q;;2*-1;+4/p-2/b2*10-7-;;;. The van der Waals surface area contributed by atoms with E-state index in [0.29, 0.717) is 35.1 Å². The van der Waals surface area contributed by atoms with Crippen molar-refractivity contribution in [3.05, 3.63) is 93.4 Å². The molecule has 0 saturated heterocycles. The van der Waals surface area contributed by atoms with Crippen molar-refractivity contribution in [1.29, 1.82) is 0 Å². The number of carbonyl (C=O) groups excluding carboxylic acids is 2. The Morgan fingerprint density at radius 3 is 1.21 bits per heavy atom. The second-order valence-electron chi connectivity index (χ2n) is 6.97. The molecule has 4 rings (SSSR count). The summed E-state index contributed by atoms with van der Waals surface area (Å²) in [6, 6.07) is 14.7. The molecule has 2 aromatic rings. The summed E-state index contributed by atoms with van der Waals surface area (Å²) in [5.74, 6) is -0.409. The Bertz CT molecular complexity index is 918. The van der Waals surface area contributed by atoms with E-state index >= 15 is 0 Å². The molecule has 0 radical (unpaired) electrons. The third-order valence-electron chi connectivity index (χ3n) is 4.66. The molecule has 0 amide bonds. The van der Waals surface area contributed by atoms with Gasteiger partial charge in [-0.05, 0) is 22.3 Å². The number of ketones is 2. The molecule has 0 aliphatic heterocycles. The van der Waals surface area contributed by atoms with Gasteiger partial charge in [0.2, 0.25) is 0 Å². The molecule has 2 aliphatic rings. The SMILES string of the molecule is C/C([O-])=C1\Cc2ccccc2C1=O.C/C([O-])=C1\Cc2ccccc2C1=O.CC[O-].CC[O-].[Ti+4].